The number of pyridine rings is 1. The number of benzene rings is 2. The van der Waals surface area contributed by atoms with Crippen LogP contribution in [0.25, 0.3) is 0 Å². The third-order valence-electron chi connectivity index (χ3n) is 3.78. The standard InChI is InChI=1S/C20H17ClN2O4/c1-26-18-10-9-15(12-17(18)21)22-19(24)16-8-5-11-23(20(16)25)27-13-14-6-3-2-4-7-14/h2-12H,13H2,1H3,(H,22,24). The maximum atomic E-state index is 12.5. The molecule has 6 nitrogen and oxygen atoms in total. The molecule has 7 heteroatoms. The van der Waals surface area contributed by atoms with E-state index in [1.54, 1.807) is 24.3 Å². The fourth-order valence-corrected chi connectivity index (χ4v) is 2.67. The molecule has 27 heavy (non-hydrogen) atoms. The molecular formula is C20H17ClN2O4. The van der Waals surface area contributed by atoms with Gasteiger partial charge < -0.3 is 14.9 Å². The van der Waals surface area contributed by atoms with Crippen molar-refractivity contribution in [3.63, 3.8) is 0 Å². The highest BCUT2D eigenvalue weighted by Gasteiger charge is 2.14. The molecule has 0 aliphatic carbocycles. The molecule has 1 N–H and O–H groups in total. The number of ether oxygens (including phenoxy) is 1. The maximum Gasteiger partial charge on any atom is 0.295 e. The summed E-state index contributed by atoms with van der Waals surface area (Å²) in [4.78, 5) is 30.5. The maximum absolute atomic E-state index is 12.5. The molecule has 3 rings (SSSR count). The Hall–Kier alpha value is -3.25. The number of amides is 1. The second-order valence-corrected chi connectivity index (χ2v) is 6.02. The van der Waals surface area contributed by atoms with Gasteiger partial charge in [0.2, 0.25) is 0 Å². The fourth-order valence-electron chi connectivity index (χ4n) is 2.41. The van der Waals surface area contributed by atoms with Crippen molar-refractivity contribution in [3.8, 4) is 5.75 Å². The van der Waals surface area contributed by atoms with Crippen LogP contribution in [0, 0.1) is 0 Å². The van der Waals surface area contributed by atoms with Crippen molar-refractivity contribution in [3.05, 3.63) is 93.4 Å². The molecule has 0 radical (unpaired) electrons. The molecule has 138 valence electrons. The lowest BCUT2D eigenvalue weighted by atomic mass is 10.2. The first-order valence-corrected chi connectivity index (χ1v) is 8.50. The average Bonchev–Trinajstić information content (AvgIpc) is 2.68. The van der Waals surface area contributed by atoms with Crippen molar-refractivity contribution in [2.75, 3.05) is 12.4 Å². The molecular weight excluding hydrogens is 368 g/mol. The number of halogens is 1. The molecule has 0 aliphatic heterocycles. The van der Waals surface area contributed by atoms with Crippen molar-refractivity contribution in [1.82, 2.24) is 4.73 Å². The number of hydrogen-bond acceptors (Lipinski definition) is 4. The molecule has 0 atom stereocenters. The van der Waals surface area contributed by atoms with Crippen LogP contribution in [0.15, 0.2) is 71.7 Å². The van der Waals surface area contributed by atoms with Crippen LogP contribution in [-0.2, 0) is 6.61 Å². The number of carbonyl (C=O) groups is 1. The zero-order valence-electron chi connectivity index (χ0n) is 14.5. The Morgan fingerprint density at radius 3 is 2.59 bits per heavy atom. The molecule has 1 heterocycles. The number of nitrogens with zero attached hydrogens (tertiary/aromatic N) is 1. The Morgan fingerprint density at radius 2 is 1.89 bits per heavy atom. The number of hydrogen-bond donors (Lipinski definition) is 1. The van der Waals surface area contributed by atoms with Gasteiger partial charge in [0, 0.05) is 11.9 Å². The second kappa shape index (κ2) is 8.42. The lowest BCUT2D eigenvalue weighted by molar-refractivity contribution is 0.0863. The molecule has 1 amide bonds. The first kappa shape index (κ1) is 18.5. The fraction of sp³-hybridized carbons (Fsp3) is 0.100. The number of rotatable bonds is 6. The highest BCUT2D eigenvalue weighted by molar-refractivity contribution is 6.32. The Labute approximate surface area is 160 Å². The van der Waals surface area contributed by atoms with Crippen LogP contribution in [0.1, 0.15) is 15.9 Å². The monoisotopic (exact) mass is 384 g/mol. The van der Waals surface area contributed by atoms with Crippen molar-refractivity contribution in [2.45, 2.75) is 6.61 Å². The molecule has 1 aromatic heterocycles. The number of aromatic nitrogens is 1. The molecule has 2 aromatic carbocycles. The average molecular weight is 385 g/mol. The van der Waals surface area contributed by atoms with Crippen LogP contribution in [0.5, 0.6) is 5.75 Å². The van der Waals surface area contributed by atoms with E-state index >= 15 is 0 Å². The third kappa shape index (κ3) is 4.48. The van der Waals surface area contributed by atoms with E-state index < -0.39 is 11.5 Å². The van der Waals surface area contributed by atoms with Gasteiger partial charge in [-0.15, -0.1) is 0 Å². The summed E-state index contributed by atoms with van der Waals surface area (Å²) in [5.74, 6) is -0.0649. The molecule has 0 spiro atoms. The normalized spacial score (nSPS) is 10.3. The predicted octanol–water partition coefficient (Wildman–Crippen LogP) is 3.39. The van der Waals surface area contributed by atoms with Gasteiger partial charge in [-0.05, 0) is 35.9 Å². The minimum absolute atomic E-state index is 0.0440. The van der Waals surface area contributed by atoms with Crippen LogP contribution in [0.2, 0.25) is 5.02 Å². The Bertz CT molecular complexity index is 1000. The smallest absolute Gasteiger partial charge is 0.295 e. The van der Waals surface area contributed by atoms with Gasteiger partial charge in [0.15, 0.2) is 0 Å². The van der Waals surface area contributed by atoms with Crippen molar-refractivity contribution in [2.24, 2.45) is 0 Å². The lowest BCUT2D eigenvalue weighted by Crippen LogP contribution is -2.32. The Morgan fingerprint density at radius 1 is 1.11 bits per heavy atom. The minimum atomic E-state index is -0.557. The van der Waals surface area contributed by atoms with E-state index in [-0.39, 0.29) is 12.2 Å². The van der Waals surface area contributed by atoms with Gasteiger partial charge in [0.05, 0.1) is 12.1 Å². The first-order chi connectivity index (χ1) is 13.1. The summed E-state index contributed by atoms with van der Waals surface area (Å²) in [7, 11) is 1.50. The molecule has 0 unspecified atom stereocenters. The van der Waals surface area contributed by atoms with Gasteiger partial charge in [-0.2, -0.15) is 4.73 Å². The molecule has 0 fully saturated rings. The van der Waals surface area contributed by atoms with E-state index in [0.717, 1.165) is 10.3 Å². The summed E-state index contributed by atoms with van der Waals surface area (Å²) in [5, 5.41) is 3.00. The lowest BCUT2D eigenvalue weighted by Gasteiger charge is -2.11. The molecule has 3 aromatic rings. The number of nitrogens with one attached hydrogen (secondary N) is 1. The van der Waals surface area contributed by atoms with Gasteiger partial charge in [-0.1, -0.05) is 41.9 Å². The van der Waals surface area contributed by atoms with Crippen molar-refractivity contribution < 1.29 is 14.4 Å². The van der Waals surface area contributed by atoms with Gasteiger partial charge in [-0.3, -0.25) is 9.59 Å². The second-order valence-electron chi connectivity index (χ2n) is 5.62. The van der Waals surface area contributed by atoms with E-state index in [0.29, 0.717) is 16.5 Å². The minimum Gasteiger partial charge on any atom is -0.495 e. The number of methoxy groups -OCH3 is 1. The van der Waals surface area contributed by atoms with Gasteiger partial charge in [0.25, 0.3) is 11.5 Å². The Kier molecular flexibility index (Phi) is 5.78. The summed E-state index contributed by atoms with van der Waals surface area (Å²) < 4.78 is 6.12. The predicted molar refractivity (Wildman–Crippen MR) is 103 cm³/mol. The van der Waals surface area contributed by atoms with E-state index in [1.807, 2.05) is 30.3 Å². The molecule has 0 bridgehead atoms. The zero-order valence-corrected chi connectivity index (χ0v) is 15.3. The third-order valence-corrected chi connectivity index (χ3v) is 4.08. The summed E-state index contributed by atoms with van der Waals surface area (Å²) in [6.45, 7) is 0.208. The van der Waals surface area contributed by atoms with Gasteiger partial charge >= 0.3 is 0 Å². The topological polar surface area (TPSA) is 69.6 Å². The Balaban J connectivity index is 1.75. The largest absolute Gasteiger partial charge is 0.495 e. The van der Waals surface area contributed by atoms with Crippen molar-refractivity contribution in [1.29, 1.82) is 0 Å². The highest BCUT2D eigenvalue weighted by atomic mass is 35.5. The summed E-state index contributed by atoms with van der Waals surface area (Å²) in [6.07, 6.45) is 1.46. The van der Waals surface area contributed by atoms with Gasteiger partial charge in [0.1, 0.15) is 17.9 Å². The number of carbonyl (C=O) groups excluding carboxylic acids is 1. The van der Waals surface area contributed by atoms with E-state index in [9.17, 15) is 9.59 Å². The molecule has 0 saturated heterocycles. The summed E-state index contributed by atoms with van der Waals surface area (Å²) >= 11 is 6.05. The van der Waals surface area contributed by atoms with Crippen molar-refractivity contribution >= 4 is 23.2 Å². The molecule has 0 saturated carbocycles. The van der Waals surface area contributed by atoms with Gasteiger partial charge in [-0.25, -0.2) is 0 Å². The molecule has 0 aliphatic rings. The summed E-state index contributed by atoms with van der Waals surface area (Å²) in [6, 6.07) is 17.2. The van der Waals surface area contributed by atoms with Crippen LogP contribution >= 0.6 is 11.6 Å². The quantitative estimate of drug-likeness (QED) is 0.707. The van der Waals surface area contributed by atoms with E-state index in [1.165, 1.54) is 19.4 Å². The van der Waals surface area contributed by atoms with Crippen LogP contribution in [0.4, 0.5) is 5.69 Å². The van der Waals surface area contributed by atoms with Crippen LogP contribution in [-0.4, -0.2) is 17.7 Å². The summed E-state index contributed by atoms with van der Waals surface area (Å²) in [5.41, 5.74) is 0.765. The van der Waals surface area contributed by atoms with E-state index in [4.69, 9.17) is 21.2 Å². The van der Waals surface area contributed by atoms with Crippen LogP contribution in [0.3, 0.4) is 0 Å². The highest BCUT2D eigenvalue weighted by Crippen LogP contribution is 2.27. The first-order valence-electron chi connectivity index (χ1n) is 8.12. The zero-order chi connectivity index (χ0) is 19.2. The van der Waals surface area contributed by atoms with E-state index in [2.05, 4.69) is 5.32 Å². The van der Waals surface area contributed by atoms with Crippen LogP contribution < -0.4 is 20.5 Å². The number of anilines is 1. The SMILES string of the molecule is COc1ccc(NC(=O)c2cccn(OCc3ccccc3)c2=O)cc1Cl.